The number of nitrogens with zero attached hydrogens (tertiary/aromatic N) is 1. The molecule has 1 saturated heterocycles. The van der Waals surface area contributed by atoms with Crippen LogP contribution in [-0.4, -0.2) is 28.8 Å². The molecule has 0 aliphatic carbocycles. The number of carbonyl (C=O) groups is 2. The van der Waals surface area contributed by atoms with E-state index in [1.165, 1.54) is 4.90 Å². The lowest BCUT2D eigenvalue weighted by molar-refractivity contribution is -0.141. The predicted octanol–water partition coefficient (Wildman–Crippen LogP) is 2.71. The molecule has 2 heterocycles. The number of rotatable bonds is 6. The van der Waals surface area contributed by atoms with Gasteiger partial charge in [-0.25, -0.2) is 0 Å². The molecule has 4 nitrogen and oxygen atoms in total. The number of imide groups is 1. The lowest BCUT2D eigenvalue weighted by Gasteiger charge is -2.25. The van der Waals surface area contributed by atoms with Gasteiger partial charge in [0.05, 0.1) is 12.5 Å². The summed E-state index contributed by atoms with van der Waals surface area (Å²) in [5.74, 6) is -0.107. The SMILES string of the molecule is CCC(CC)N1C(=O)CC(NC(C)c2ccsc2)C1=O. The summed E-state index contributed by atoms with van der Waals surface area (Å²) in [5.41, 5.74) is 1.16. The topological polar surface area (TPSA) is 49.4 Å². The fourth-order valence-electron chi connectivity index (χ4n) is 2.74. The maximum Gasteiger partial charge on any atom is 0.247 e. The molecule has 2 atom stereocenters. The van der Waals surface area contributed by atoms with Crippen molar-refractivity contribution in [2.45, 2.75) is 58.2 Å². The first-order chi connectivity index (χ1) is 9.58. The molecule has 110 valence electrons. The van der Waals surface area contributed by atoms with Crippen LogP contribution in [0.5, 0.6) is 0 Å². The molecule has 2 rings (SSSR count). The van der Waals surface area contributed by atoms with E-state index < -0.39 is 0 Å². The zero-order chi connectivity index (χ0) is 14.7. The molecule has 0 saturated carbocycles. The van der Waals surface area contributed by atoms with E-state index in [0.717, 1.165) is 18.4 Å². The van der Waals surface area contributed by atoms with Crippen LogP contribution in [-0.2, 0) is 9.59 Å². The monoisotopic (exact) mass is 294 g/mol. The maximum absolute atomic E-state index is 12.4. The van der Waals surface area contributed by atoms with Gasteiger partial charge in [0.25, 0.3) is 0 Å². The highest BCUT2D eigenvalue weighted by Crippen LogP contribution is 2.23. The van der Waals surface area contributed by atoms with Crippen LogP contribution >= 0.6 is 11.3 Å². The average molecular weight is 294 g/mol. The third-order valence-electron chi connectivity index (χ3n) is 3.98. The van der Waals surface area contributed by atoms with Crippen molar-refractivity contribution >= 4 is 23.2 Å². The molecule has 2 unspecified atom stereocenters. The van der Waals surface area contributed by atoms with Crippen molar-refractivity contribution in [3.63, 3.8) is 0 Å². The summed E-state index contributed by atoms with van der Waals surface area (Å²) in [4.78, 5) is 26.0. The number of nitrogens with one attached hydrogen (secondary N) is 1. The van der Waals surface area contributed by atoms with E-state index in [1.807, 2.05) is 32.2 Å². The van der Waals surface area contributed by atoms with Crippen molar-refractivity contribution in [2.24, 2.45) is 0 Å². The molecule has 1 aliphatic rings. The Balaban J connectivity index is 2.04. The van der Waals surface area contributed by atoms with E-state index in [-0.39, 0.29) is 36.4 Å². The highest BCUT2D eigenvalue weighted by molar-refractivity contribution is 7.07. The van der Waals surface area contributed by atoms with Gasteiger partial charge in [0, 0.05) is 12.1 Å². The first kappa shape index (κ1) is 15.2. The molecule has 1 aromatic heterocycles. The molecule has 0 aromatic carbocycles. The summed E-state index contributed by atoms with van der Waals surface area (Å²) >= 11 is 1.64. The van der Waals surface area contributed by atoms with Gasteiger partial charge in [-0.1, -0.05) is 13.8 Å². The van der Waals surface area contributed by atoms with Crippen LogP contribution < -0.4 is 5.32 Å². The smallest absolute Gasteiger partial charge is 0.247 e. The van der Waals surface area contributed by atoms with Gasteiger partial charge < -0.3 is 0 Å². The molecule has 5 heteroatoms. The first-order valence-corrected chi connectivity index (χ1v) is 8.16. The normalized spacial score (nSPS) is 21.0. The minimum absolute atomic E-state index is 0.0400. The van der Waals surface area contributed by atoms with Crippen LogP contribution in [0, 0.1) is 0 Å². The Morgan fingerprint density at radius 2 is 2.10 bits per heavy atom. The Bertz CT molecular complexity index is 468. The Morgan fingerprint density at radius 1 is 1.40 bits per heavy atom. The average Bonchev–Trinajstić information content (AvgIpc) is 3.04. The number of likely N-dealkylation sites (tertiary alicyclic amines) is 1. The summed E-state index contributed by atoms with van der Waals surface area (Å²) < 4.78 is 0. The van der Waals surface area contributed by atoms with Gasteiger partial charge in [0.15, 0.2) is 0 Å². The quantitative estimate of drug-likeness (QED) is 0.821. The Kier molecular flexibility index (Phi) is 4.94. The zero-order valence-corrected chi connectivity index (χ0v) is 13.1. The number of amides is 2. The summed E-state index contributed by atoms with van der Waals surface area (Å²) in [6, 6.07) is 1.79. The van der Waals surface area contributed by atoms with Crippen LogP contribution in [0.15, 0.2) is 16.8 Å². The lowest BCUT2D eigenvalue weighted by atomic mass is 10.1. The second-order valence-electron chi connectivity index (χ2n) is 5.27. The number of hydrogen-bond donors (Lipinski definition) is 1. The predicted molar refractivity (Wildman–Crippen MR) is 80.5 cm³/mol. The summed E-state index contributed by atoms with van der Waals surface area (Å²) in [6.07, 6.45) is 1.92. The van der Waals surface area contributed by atoms with Crippen LogP contribution in [0.1, 0.15) is 51.6 Å². The third kappa shape index (κ3) is 2.94. The van der Waals surface area contributed by atoms with Crippen molar-refractivity contribution in [1.82, 2.24) is 10.2 Å². The zero-order valence-electron chi connectivity index (χ0n) is 12.3. The molecule has 20 heavy (non-hydrogen) atoms. The van der Waals surface area contributed by atoms with Crippen molar-refractivity contribution < 1.29 is 9.59 Å². The minimum Gasteiger partial charge on any atom is -0.299 e. The summed E-state index contributed by atoms with van der Waals surface area (Å²) in [7, 11) is 0. The Hall–Kier alpha value is -1.20. The van der Waals surface area contributed by atoms with Gasteiger partial charge in [-0.2, -0.15) is 11.3 Å². The molecule has 1 aliphatic heterocycles. The second kappa shape index (κ2) is 6.50. The summed E-state index contributed by atoms with van der Waals surface area (Å²) in [5, 5.41) is 7.38. The van der Waals surface area contributed by atoms with Crippen LogP contribution in [0.3, 0.4) is 0 Å². The van der Waals surface area contributed by atoms with Crippen molar-refractivity contribution in [3.8, 4) is 0 Å². The number of thiophene rings is 1. The van der Waals surface area contributed by atoms with Crippen LogP contribution in [0.25, 0.3) is 0 Å². The van der Waals surface area contributed by atoms with Crippen LogP contribution in [0.2, 0.25) is 0 Å². The second-order valence-corrected chi connectivity index (χ2v) is 6.05. The van der Waals surface area contributed by atoms with Crippen molar-refractivity contribution in [3.05, 3.63) is 22.4 Å². The van der Waals surface area contributed by atoms with Crippen molar-refractivity contribution in [2.75, 3.05) is 0 Å². The van der Waals surface area contributed by atoms with Gasteiger partial charge in [-0.15, -0.1) is 0 Å². The maximum atomic E-state index is 12.4. The molecule has 0 radical (unpaired) electrons. The van der Waals surface area contributed by atoms with E-state index in [4.69, 9.17) is 0 Å². The van der Waals surface area contributed by atoms with Gasteiger partial charge in [-0.3, -0.25) is 19.8 Å². The van der Waals surface area contributed by atoms with E-state index in [1.54, 1.807) is 11.3 Å². The highest BCUT2D eigenvalue weighted by Gasteiger charge is 2.41. The molecule has 0 bridgehead atoms. The number of carbonyl (C=O) groups excluding carboxylic acids is 2. The van der Waals surface area contributed by atoms with E-state index in [0.29, 0.717) is 0 Å². The van der Waals surface area contributed by atoms with Gasteiger partial charge in [0.1, 0.15) is 0 Å². The minimum atomic E-state index is -0.377. The standard InChI is InChI=1S/C15H22N2O2S/c1-4-12(5-2)17-14(18)8-13(15(17)19)16-10(3)11-6-7-20-9-11/h6-7,9-10,12-13,16H,4-5,8H2,1-3H3. The highest BCUT2D eigenvalue weighted by atomic mass is 32.1. The van der Waals surface area contributed by atoms with Crippen LogP contribution in [0.4, 0.5) is 0 Å². The largest absolute Gasteiger partial charge is 0.299 e. The fraction of sp³-hybridized carbons (Fsp3) is 0.600. The molecular weight excluding hydrogens is 272 g/mol. The van der Waals surface area contributed by atoms with Crippen molar-refractivity contribution in [1.29, 1.82) is 0 Å². The molecule has 1 aromatic rings. The number of hydrogen-bond acceptors (Lipinski definition) is 4. The molecule has 2 amide bonds. The fourth-order valence-corrected chi connectivity index (χ4v) is 3.49. The van der Waals surface area contributed by atoms with Gasteiger partial charge in [-0.05, 0) is 42.2 Å². The molecule has 0 spiro atoms. The van der Waals surface area contributed by atoms with E-state index in [9.17, 15) is 9.59 Å². The molecular formula is C15H22N2O2S. The summed E-state index contributed by atoms with van der Waals surface area (Å²) in [6.45, 7) is 6.06. The lowest BCUT2D eigenvalue weighted by Crippen LogP contribution is -2.44. The third-order valence-corrected chi connectivity index (χ3v) is 4.69. The van der Waals surface area contributed by atoms with E-state index >= 15 is 0 Å². The van der Waals surface area contributed by atoms with E-state index in [2.05, 4.69) is 10.7 Å². The Morgan fingerprint density at radius 3 is 2.65 bits per heavy atom. The molecule has 1 fully saturated rings. The Labute approximate surface area is 124 Å². The van der Waals surface area contributed by atoms with Gasteiger partial charge >= 0.3 is 0 Å². The molecule has 1 N–H and O–H groups in total. The first-order valence-electron chi connectivity index (χ1n) is 7.22. The van der Waals surface area contributed by atoms with Gasteiger partial charge in [0.2, 0.25) is 11.8 Å².